The molecule has 3 heterocycles. The summed E-state index contributed by atoms with van der Waals surface area (Å²) >= 11 is 5.17. The van der Waals surface area contributed by atoms with E-state index in [1.165, 1.54) is 4.88 Å². The SMILES string of the molecule is O=C1CC(CBr)CN1c1ccnn1Cc1cccs1. The van der Waals surface area contributed by atoms with E-state index in [1.807, 2.05) is 21.7 Å². The van der Waals surface area contributed by atoms with Crippen LogP contribution >= 0.6 is 27.3 Å². The van der Waals surface area contributed by atoms with Gasteiger partial charge in [-0.2, -0.15) is 5.10 Å². The Hall–Kier alpha value is -1.14. The van der Waals surface area contributed by atoms with E-state index in [-0.39, 0.29) is 5.91 Å². The molecule has 0 aromatic carbocycles. The molecule has 0 radical (unpaired) electrons. The molecular formula is C13H14BrN3OS. The molecule has 2 aromatic heterocycles. The monoisotopic (exact) mass is 339 g/mol. The zero-order chi connectivity index (χ0) is 13.2. The number of carbonyl (C=O) groups is 1. The van der Waals surface area contributed by atoms with Crippen LogP contribution in [0.1, 0.15) is 11.3 Å². The Morgan fingerprint density at radius 2 is 2.37 bits per heavy atom. The van der Waals surface area contributed by atoms with Crippen LogP contribution in [-0.4, -0.2) is 27.6 Å². The summed E-state index contributed by atoms with van der Waals surface area (Å²) < 4.78 is 1.90. The van der Waals surface area contributed by atoms with E-state index < -0.39 is 0 Å². The lowest BCUT2D eigenvalue weighted by Crippen LogP contribution is -2.27. The summed E-state index contributed by atoms with van der Waals surface area (Å²) in [7, 11) is 0. The summed E-state index contributed by atoms with van der Waals surface area (Å²) in [6.07, 6.45) is 2.38. The topological polar surface area (TPSA) is 38.1 Å². The second-order valence-electron chi connectivity index (χ2n) is 4.66. The molecule has 0 saturated carbocycles. The number of anilines is 1. The van der Waals surface area contributed by atoms with Crippen LogP contribution in [0.4, 0.5) is 5.82 Å². The summed E-state index contributed by atoms with van der Waals surface area (Å²) in [4.78, 5) is 15.2. The number of carbonyl (C=O) groups excluding carboxylic acids is 1. The Morgan fingerprint density at radius 3 is 3.05 bits per heavy atom. The molecule has 0 bridgehead atoms. The predicted octanol–water partition coefficient (Wildman–Crippen LogP) is 2.74. The molecule has 0 N–H and O–H groups in total. The highest BCUT2D eigenvalue weighted by Crippen LogP contribution is 2.26. The first-order chi connectivity index (χ1) is 9.28. The fourth-order valence-electron chi connectivity index (χ4n) is 2.33. The Labute approximate surface area is 124 Å². The number of thiophene rings is 1. The molecule has 1 aliphatic heterocycles. The van der Waals surface area contributed by atoms with Gasteiger partial charge in [0.15, 0.2) is 0 Å². The van der Waals surface area contributed by atoms with Crippen LogP contribution in [0.5, 0.6) is 0 Å². The van der Waals surface area contributed by atoms with Gasteiger partial charge in [-0.25, -0.2) is 4.68 Å². The Kier molecular flexibility index (Phi) is 3.70. The average molecular weight is 340 g/mol. The standard InChI is InChI=1S/C13H14BrN3OS/c14-7-10-6-13(18)16(8-10)12-3-4-15-17(12)9-11-2-1-5-19-11/h1-5,10H,6-9H2. The number of nitrogens with zero attached hydrogens (tertiary/aromatic N) is 3. The molecule has 19 heavy (non-hydrogen) atoms. The van der Waals surface area contributed by atoms with Gasteiger partial charge in [-0.1, -0.05) is 22.0 Å². The van der Waals surface area contributed by atoms with Crippen molar-refractivity contribution < 1.29 is 4.79 Å². The highest BCUT2D eigenvalue weighted by Gasteiger charge is 2.31. The number of halogens is 1. The molecule has 1 aliphatic rings. The quantitative estimate of drug-likeness (QED) is 0.803. The third kappa shape index (κ3) is 2.60. The van der Waals surface area contributed by atoms with Crippen molar-refractivity contribution in [2.45, 2.75) is 13.0 Å². The summed E-state index contributed by atoms with van der Waals surface area (Å²) in [6.45, 7) is 1.50. The number of alkyl halides is 1. The maximum atomic E-state index is 12.1. The van der Waals surface area contributed by atoms with Crippen LogP contribution in [0, 0.1) is 5.92 Å². The minimum Gasteiger partial charge on any atom is -0.297 e. The van der Waals surface area contributed by atoms with Crippen molar-refractivity contribution in [1.82, 2.24) is 9.78 Å². The molecule has 100 valence electrons. The van der Waals surface area contributed by atoms with Crippen molar-refractivity contribution in [2.75, 3.05) is 16.8 Å². The third-order valence-corrected chi connectivity index (χ3v) is 5.06. The Balaban J connectivity index is 1.82. The highest BCUT2D eigenvalue weighted by molar-refractivity contribution is 9.09. The molecule has 6 heteroatoms. The number of hydrogen-bond acceptors (Lipinski definition) is 3. The molecule has 1 amide bonds. The van der Waals surface area contributed by atoms with Crippen molar-refractivity contribution in [2.24, 2.45) is 5.92 Å². The van der Waals surface area contributed by atoms with E-state index in [2.05, 4.69) is 32.5 Å². The molecule has 0 spiro atoms. The zero-order valence-electron chi connectivity index (χ0n) is 10.3. The molecule has 4 nitrogen and oxygen atoms in total. The van der Waals surface area contributed by atoms with Gasteiger partial charge in [0.25, 0.3) is 0 Å². The lowest BCUT2D eigenvalue weighted by molar-refractivity contribution is -0.117. The summed E-state index contributed by atoms with van der Waals surface area (Å²) in [5.74, 6) is 1.50. The van der Waals surface area contributed by atoms with Gasteiger partial charge in [0.1, 0.15) is 5.82 Å². The molecular weight excluding hydrogens is 326 g/mol. The van der Waals surface area contributed by atoms with Crippen molar-refractivity contribution in [3.05, 3.63) is 34.7 Å². The smallest absolute Gasteiger partial charge is 0.228 e. The maximum Gasteiger partial charge on any atom is 0.228 e. The Bertz CT molecular complexity index is 566. The number of hydrogen-bond donors (Lipinski definition) is 0. The van der Waals surface area contributed by atoms with E-state index in [9.17, 15) is 4.79 Å². The summed E-state index contributed by atoms with van der Waals surface area (Å²) in [5.41, 5.74) is 0. The van der Waals surface area contributed by atoms with Crippen LogP contribution in [0.15, 0.2) is 29.8 Å². The van der Waals surface area contributed by atoms with Gasteiger partial charge in [-0.15, -0.1) is 11.3 Å². The first-order valence-corrected chi connectivity index (χ1v) is 8.18. The third-order valence-electron chi connectivity index (χ3n) is 3.28. The van der Waals surface area contributed by atoms with Crippen LogP contribution < -0.4 is 4.90 Å². The zero-order valence-corrected chi connectivity index (χ0v) is 12.7. The maximum absolute atomic E-state index is 12.1. The molecule has 1 unspecified atom stereocenters. The van der Waals surface area contributed by atoms with Gasteiger partial charge in [0.05, 0.1) is 12.7 Å². The second-order valence-corrected chi connectivity index (χ2v) is 6.33. The van der Waals surface area contributed by atoms with Crippen LogP contribution in [-0.2, 0) is 11.3 Å². The van der Waals surface area contributed by atoms with Crippen molar-refractivity contribution in [1.29, 1.82) is 0 Å². The molecule has 1 saturated heterocycles. The minimum absolute atomic E-state index is 0.192. The first kappa shape index (κ1) is 12.9. The van der Waals surface area contributed by atoms with Gasteiger partial charge in [-0.3, -0.25) is 9.69 Å². The highest BCUT2D eigenvalue weighted by atomic mass is 79.9. The van der Waals surface area contributed by atoms with E-state index in [4.69, 9.17) is 0 Å². The Morgan fingerprint density at radius 1 is 1.47 bits per heavy atom. The van der Waals surface area contributed by atoms with Gasteiger partial charge < -0.3 is 0 Å². The van der Waals surface area contributed by atoms with E-state index >= 15 is 0 Å². The van der Waals surface area contributed by atoms with Crippen LogP contribution in [0.25, 0.3) is 0 Å². The lowest BCUT2D eigenvalue weighted by Gasteiger charge is -2.17. The van der Waals surface area contributed by atoms with E-state index in [0.29, 0.717) is 12.3 Å². The fourth-order valence-corrected chi connectivity index (χ4v) is 3.45. The van der Waals surface area contributed by atoms with Gasteiger partial charge >= 0.3 is 0 Å². The largest absolute Gasteiger partial charge is 0.297 e. The summed E-state index contributed by atoms with van der Waals surface area (Å²) in [5, 5.41) is 7.26. The number of amides is 1. The number of rotatable bonds is 4. The lowest BCUT2D eigenvalue weighted by atomic mass is 10.2. The van der Waals surface area contributed by atoms with Gasteiger partial charge in [0.2, 0.25) is 5.91 Å². The summed E-state index contributed by atoms with van der Waals surface area (Å²) in [6, 6.07) is 6.04. The van der Waals surface area contributed by atoms with Crippen LogP contribution in [0.3, 0.4) is 0 Å². The van der Waals surface area contributed by atoms with Crippen molar-refractivity contribution in [3.8, 4) is 0 Å². The van der Waals surface area contributed by atoms with Crippen LogP contribution in [0.2, 0.25) is 0 Å². The fraction of sp³-hybridized carbons (Fsp3) is 0.385. The van der Waals surface area contributed by atoms with Gasteiger partial charge in [0, 0.05) is 29.2 Å². The molecule has 2 aromatic rings. The first-order valence-electron chi connectivity index (χ1n) is 6.18. The van der Waals surface area contributed by atoms with Crippen molar-refractivity contribution in [3.63, 3.8) is 0 Å². The van der Waals surface area contributed by atoms with Gasteiger partial charge in [-0.05, 0) is 17.4 Å². The number of aromatic nitrogens is 2. The minimum atomic E-state index is 0.192. The van der Waals surface area contributed by atoms with Crippen molar-refractivity contribution >= 4 is 39.0 Å². The van der Waals surface area contributed by atoms with E-state index in [1.54, 1.807) is 17.5 Å². The van der Waals surface area contributed by atoms with E-state index in [0.717, 1.165) is 24.2 Å². The molecule has 3 rings (SSSR count). The average Bonchev–Trinajstić information content (AvgIpc) is 3.10. The second kappa shape index (κ2) is 5.46. The molecule has 1 atom stereocenters. The predicted molar refractivity (Wildman–Crippen MR) is 79.9 cm³/mol. The normalized spacial score (nSPS) is 19.3. The molecule has 1 fully saturated rings. The molecule has 0 aliphatic carbocycles.